The standard InChI is InChI=1S/C24H24N2O5S2/c1-5-11-31-21-16(9-6-10-17(21)29-3)20-19(23(28)30-4)14(2)25-24-26(20)22(27)18(33-24)13-15-8-7-12-32-15/h6-10,12-13,20H,5,11H2,1-4H3/b18-13-/t20-/m0/s1. The number of fused-ring (bicyclic) bond motifs is 1. The van der Waals surface area contributed by atoms with E-state index in [0.29, 0.717) is 44.3 Å². The SMILES string of the molecule is CCCOc1c(OC)cccc1[C@H]1C(C(=O)OC)=C(C)N=c2s/c(=C\c3cccs3)c(=O)n21. The van der Waals surface area contributed by atoms with Crippen LogP contribution in [0.1, 0.15) is 36.8 Å². The average molecular weight is 485 g/mol. The first-order chi connectivity index (χ1) is 16.0. The molecule has 2 aromatic heterocycles. The van der Waals surface area contributed by atoms with Gasteiger partial charge in [-0.2, -0.15) is 0 Å². The van der Waals surface area contributed by atoms with E-state index in [2.05, 4.69) is 4.99 Å². The van der Waals surface area contributed by atoms with Crippen molar-refractivity contribution >= 4 is 34.7 Å². The summed E-state index contributed by atoms with van der Waals surface area (Å²) in [5, 5.41) is 1.96. The van der Waals surface area contributed by atoms with Crippen LogP contribution in [0.5, 0.6) is 11.5 Å². The molecule has 1 aromatic carbocycles. The van der Waals surface area contributed by atoms with Crippen LogP contribution < -0.4 is 24.4 Å². The van der Waals surface area contributed by atoms with Gasteiger partial charge in [-0.3, -0.25) is 9.36 Å². The van der Waals surface area contributed by atoms with Crippen molar-refractivity contribution in [3.05, 3.63) is 77.1 Å². The topological polar surface area (TPSA) is 79.1 Å². The second kappa shape index (κ2) is 9.76. The van der Waals surface area contributed by atoms with Crippen molar-refractivity contribution in [3.63, 3.8) is 0 Å². The Kier molecular flexibility index (Phi) is 6.80. The molecule has 3 aromatic rings. The summed E-state index contributed by atoms with van der Waals surface area (Å²) in [5.74, 6) is 0.481. The van der Waals surface area contributed by atoms with E-state index in [1.165, 1.54) is 18.4 Å². The Morgan fingerprint density at radius 3 is 2.73 bits per heavy atom. The molecule has 1 aliphatic heterocycles. The van der Waals surface area contributed by atoms with Gasteiger partial charge in [0.1, 0.15) is 6.04 Å². The van der Waals surface area contributed by atoms with E-state index in [9.17, 15) is 9.59 Å². The number of esters is 1. The first-order valence-electron chi connectivity index (χ1n) is 10.4. The Morgan fingerprint density at radius 2 is 2.06 bits per heavy atom. The van der Waals surface area contributed by atoms with Gasteiger partial charge in [-0.05, 0) is 36.9 Å². The highest BCUT2D eigenvalue weighted by Gasteiger charge is 2.35. The van der Waals surface area contributed by atoms with E-state index in [1.807, 2.05) is 42.6 Å². The van der Waals surface area contributed by atoms with Gasteiger partial charge in [-0.15, -0.1) is 11.3 Å². The zero-order valence-electron chi connectivity index (χ0n) is 18.8. The van der Waals surface area contributed by atoms with Crippen molar-refractivity contribution in [1.82, 2.24) is 4.57 Å². The second-order valence-corrected chi connectivity index (χ2v) is 9.30. The Balaban J connectivity index is 2.02. The molecule has 3 heterocycles. The van der Waals surface area contributed by atoms with Gasteiger partial charge in [-0.25, -0.2) is 9.79 Å². The highest BCUT2D eigenvalue weighted by Crippen LogP contribution is 2.40. The summed E-state index contributed by atoms with van der Waals surface area (Å²) in [6, 6.07) is 8.58. The molecule has 1 atom stereocenters. The fourth-order valence-corrected chi connectivity index (χ4v) is 5.53. The van der Waals surface area contributed by atoms with Crippen molar-refractivity contribution in [2.45, 2.75) is 26.3 Å². The zero-order valence-corrected chi connectivity index (χ0v) is 20.4. The second-order valence-electron chi connectivity index (χ2n) is 7.32. The van der Waals surface area contributed by atoms with E-state index in [1.54, 1.807) is 36.0 Å². The molecular formula is C24H24N2O5S2. The molecule has 0 aliphatic carbocycles. The summed E-state index contributed by atoms with van der Waals surface area (Å²) in [6.45, 7) is 4.22. The lowest BCUT2D eigenvalue weighted by atomic mass is 9.94. The van der Waals surface area contributed by atoms with Crippen molar-refractivity contribution in [2.75, 3.05) is 20.8 Å². The Bertz CT molecular complexity index is 1380. The summed E-state index contributed by atoms with van der Waals surface area (Å²) in [7, 11) is 2.88. The summed E-state index contributed by atoms with van der Waals surface area (Å²) in [4.78, 5) is 32.6. The lowest BCUT2D eigenvalue weighted by molar-refractivity contribution is -0.136. The van der Waals surface area contributed by atoms with Gasteiger partial charge in [0.2, 0.25) is 0 Å². The average Bonchev–Trinajstić information content (AvgIpc) is 3.44. The van der Waals surface area contributed by atoms with Crippen molar-refractivity contribution in [3.8, 4) is 11.5 Å². The van der Waals surface area contributed by atoms with Gasteiger partial charge < -0.3 is 14.2 Å². The Labute approximate surface area is 198 Å². The molecule has 0 saturated heterocycles. The van der Waals surface area contributed by atoms with Crippen molar-refractivity contribution in [2.24, 2.45) is 4.99 Å². The molecule has 0 saturated carbocycles. The maximum atomic E-state index is 13.6. The van der Waals surface area contributed by atoms with E-state index in [-0.39, 0.29) is 5.56 Å². The number of allylic oxidation sites excluding steroid dienone is 1. The molecule has 0 radical (unpaired) electrons. The number of hydrogen-bond acceptors (Lipinski definition) is 8. The maximum Gasteiger partial charge on any atom is 0.338 e. The monoisotopic (exact) mass is 484 g/mol. The molecule has 0 spiro atoms. The smallest absolute Gasteiger partial charge is 0.338 e. The number of para-hydroxylation sites is 1. The predicted octanol–water partition coefficient (Wildman–Crippen LogP) is 3.27. The van der Waals surface area contributed by atoms with Crippen molar-refractivity contribution < 1.29 is 19.0 Å². The number of rotatable bonds is 7. The Morgan fingerprint density at radius 1 is 1.24 bits per heavy atom. The molecular weight excluding hydrogens is 460 g/mol. The first kappa shape index (κ1) is 23.0. The minimum Gasteiger partial charge on any atom is -0.493 e. The van der Waals surface area contributed by atoms with Crippen molar-refractivity contribution in [1.29, 1.82) is 0 Å². The molecule has 33 heavy (non-hydrogen) atoms. The minimum atomic E-state index is -0.763. The number of carbonyl (C=O) groups is 1. The van der Waals surface area contributed by atoms with Gasteiger partial charge in [0.15, 0.2) is 16.3 Å². The molecule has 1 aliphatic rings. The number of benzene rings is 1. The largest absolute Gasteiger partial charge is 0.493 e. The third-order valence-corrected chi connectivity index (χ3v) is 7.02. The normalized spacial score (nSPS) is 15.8. The first-order valence-corrected chi connectivity index (χ1v) is 12.1. The number of thiophene rings is 1. The molecule has 0 amide bonds. The summed E-state index contributed by atoms with van der Waals surface area (Å²) in [5.41, 5.74) is 1.21. The molecule has 7 nitrogen and oxygen atoms in total. The Hall–Kier alpha value is -3.17. The summed E-state index contributed by atoms with van der Waals surface area (Å²) >= 11 is 2.84. The van der Waals surface area contributed by atoms with Crippen LogP contribution >= 0.6 is 22.7 Å². The molecule has 172 valence electrons. The maximum absolute atomic E-state index is 13.6. The summed E-state index contributed by atoms with van der Waals surface area (Å²) in [6.07, 6.45) is 2.64. The summed E-state index contributed by atoms with van der Waals surface area (Å²) < 4.78 is 18.8. The number of aromatic nitrogens is 1. The zero-order chi connectivity index (χ0) is 23.5. The number of nitrogens with zero attached hydrogens (tertiary/aromatic N) is 2. The third-order valence-electron chi connectivity index (χ3n) is 5.22. The number of ether oxygens (including phenoxy) is 3. The van der Waals surface area contributed by atoms with Crippen LogP contribution in [0.25, 0.3) is 6.08 Å². The van der Waals surface area contributed by atoms with Crippen LogP contribution in [0.15, 0.2) is 56.8 Å². The number of methoxy groups -OCH3 is 2. The van der Waals surface area contributed by atoms with Gasteiger partial charge >= 0.3 is 5.97 Å². The van der Waals surface area contributed by atoms with Gasteiger partial charge in [-0.1, -0.05) is 36.5 Å². The highest BCUT2D eigenvalue weighted by molar-refractivity contribution is 7.11. The lowest BCUT2D eigenvalue weighted by Crippen LogP contribution is -2.40. The van der Waals surface area contributed by atoms with Gasteiger partial charge in [0.25, 0.3) is 5.56 Å². The fourth-order valence-electron chi connectivity index (χ4n) is 3.76. The molecule has 0 unspecified atom stereocenters. The van der Waals surface area contributed by atoms with Gasteiger partial charge in [0, 0.05) is 10.4 Å². The highest BCUT2D eigenvalue weighted by atomic mass is 32.1. The van der Waals surface area contributed by atoms with E-state index in [4.69, 9.17) is 14.2 Å². The fraction of sp³-hybridized carbons (Fsp3) is 0.292. The molecule has 0 fully saturated rings. The number of thiazole rings is 1. The molecule has 4 rings (SSSR count). The van der Waals surface area contributed by atoms with E-state index in [0.717, 1.165) is 11.3 Å². The molecule has 0 N–H and O–H groups in total. The lowest BCUT2D eigenvalue weighted by Gasteiger charge is -2.26. The predicted molar refractivity (Wildman–Crippen MR) is 129 cm³/mol. The third kappa shape index (κ3) is 4.26. The minimum absolute atomic E-state index is 0.227. The van der Waals surface area contributed by atoms with E-state index < -0.39 is 12.0 Å². The van der Waals surface area contributed by atoms with Gasteiger partial charge in [0.05, 0.1) is 36.6 Å². The number of hydrogen-bond donors (Lipinski definition) is 0. The quantitative estimate of drug-likeness (QED) is 0.481. The van der Waals surface area contributed by atoms with Crippen LogP contribution in [0.3, 0.4) is 0 Å². The number of carbonyl (C=O) groups excluding carboxylic acids is 1. The van der Waals surface area contributed by atoms with Crippen LogP contribution in [0.4, 0.5) is 0 Å². The molecule has 9 heteroatoms. The van der Waals surface area contributed by atoms with Crippen LogP contribution in [0, 0.1) is 0 Å². The van der Waals surface area contributed by atoms with E-state index >= 15 is 0 Å². The van der Waals surface area contributed by atoms with Crippen LogP contribution in [-0.4, -0.2) is 31.4 Å². The molecule has 0 bridgehead atoms. The van der Waals surface area contributed by atoms with Crippen LogP contribution in [-0.2, 0) is 9.53 Å². The van der Waals surface area contributed by atoms with Crippen LogP contribution in [0.2, 0.25) is 0 Å².